The number of hydrogen-bond donors (Lipinski definition) is 0. The first kappa shape index (κ1) is 15.5. The number of carbonyl (C=O) groups excluding carboxylic acids is 1. The summed E-state index contributed by atoms with van der Waals surface area (Å²) in [5.74, 6) is -6.98. The van der Waals surface area contributed by atoms with Gasteiger partial charge in [-0.25, -0.2) is 0 Å². The number of fused-ring (bicyclic) bond motifs is 3. The van der Waals surface area contributed by atoms with Crippen molar-refractivity contribution >= 4 is 17.1 Å². The van der Waals surface area contributed by atoms with Crippen LogP contribution in [0.2, 0.25) is 0 Å². The molecule has 0 amide bonds. The third kappa shape index (κ3) is 2.36. The highest BCUT2D eigenvalue weighted by atomic mass is 19.4. The highest BCUT2D eigenvalue weighted by molar-refractivity contribution is 5.90. The molecular formula is C16H9F5O2. The summed E-state index contributed by atoms with van der Waals surface area (Å²) in [6, 6.07) is 9.80. The SMILES string of the molecule is O=CC1=C(C(F)(F)C(F)(F)F)Oc2ccc3ccccc3c2C1. The van der Waals surface area contributed by atoms with Crippen LogP contribution in [0.1, 0.15) is 5.56 Å². The van der Waals surface area contributed by atoms with Gasteiger partial charge in [-0.1, -0.05) is 30.3 Å². The van der Waals surface area contributed by atoms with E-state index in [0.717, 1.165) is 5.39 Å². The van der Waals surface area contributed by atoms with Crippen molar-refractivity contribution < 1.29 is 31.5 Å². The Hall–Kier alpha value is -2.44. The van der Waals surface area contributed by atoms with E-state index in [-0.39, 0.29) is 18.5 Å². The Kier molecular flexibility index (Phi) is 3.39. The monoisotopic (exact) mass is 328 g/mol. The number of allylic oxidation sites excluding steroid dienone is 2. The van der Waals surface area contributed by atoms with Crippen LogP contribution < -0.4 is 4.74 Å². The molecule has 0 aliphatic carbocycles. The maximum absolute atomic E-state index is 13.6. The summed E-state index contributed by atoms with van der Waals surface area (Å²) in [6.45, 7) is 0. The lowest BCUT2D eigenvalue weighted by atomic mass is 9.94. The molecule has 23 heavy (non-hydrogen) atoms. The molecule has 0 N–H and O–H groups in total. The molecule has 3 rings (SSSR count). The third-order valence-electron chi connectivity index (χ3n) is 3.65. The molecule has 0 aromatic heterocycles. The van der Waals surface area contributed by atoms with Gasteiger partial charge in [0.2, 0.25) is 0 Å². The van der Waals surface area contributed by atoms with E-state index >= 15 is 0 Å². The van der Waals surface area contributed by atoms with Crippen LogP contribution in [0, 0.1) is 0 Å². The molecule has 2 aromatic rings. The molecule has 0 saturated heterocycles. The van der Waals surface area contributed by atoms with Crippen LogP contribution in [0.25, 0.3) is 10.8 Å². The summed E-state index contributed by atoms with van der Waals surface area (Å²) in [6.07, 6.45) is -6.20. The number of hydrogen-bond acceptors (Lipinski definition) is 2. The third-order valence-corrected chi connectivity index (χ3v) is 3.65. The van der Waals surface area contributed by atoms with Crippen LogP contribution in [0.4, 0.5) is 22.0 Å². The zero-order valence-corrected chi connectivity index (χ0v) is 11.5. The Morgan fingerprint density at radius 2 is 1.70 bits per heavy atom. The summed E-state index contributed by atoms with van der Waals surface area (Å²) in [5.41, 5.74) is -0.303. The summed E-state index contributed by atoms with van der Waals surface area (Å²) in [5, 5.41) is 1.41. The van der Waals surface area contributed by atoms with Crippen molar-refractivity contribution in [3.63, 3.8) is 0 Å². The zero-order chi connectivity index (χ0) is 16.8. The number of alkyl halides is 5. The number of ether oxygens (including phenoxy) is 1. The molecule has 1 aliphatic heterocycles. The fourth-order valence-corrected chi connectivity index (χ4v) is 2.53. The van der Waals surface area contributed by atoms with E-state index < -0.39 is 23.4 Å². The molecule has 0 saturated carbocycles. The Bertz CT molecular complexity index is 821. The Morgan fingerprint density at radius 3 is 2.35 bits per heavy atom. The van der Waals surface area contributed by atoms with Gasteiger partial charge in [-0.2, -0.15) is 22.0 Å². The largest absolute Gasteiger partial charge is 0.461 e. The summed E-state index contributed by atoms with van der Waals surface area (Å²) in [4.78, 5) is 11.1. The normalized spacial score (nSPS) is 15.3. The van der Waals surface area contributed by atoms with E-state index in [2.05, 4.69) is 0 Å². The van der Waals surface area contributed by atoms with Gasteiger partial charge in [-0.15, -0.1) is 0 Å². The molecule has 7 heteroatoms. The molecule has 0 bridgehead atoms. The molecule has 0 atom stereocenters. The van der Waals surface area contributed by atoms with E-state index in [9.17, 15) is 26.7 Å². The Morgan fingerprint density at radius 1 is 1.00 bits per heavy atom. The van der Waals surface area contributed by atoms with Gasteiger partial charge in [0.05, 0.1) is 0 Å². The van der Waals surface area contributed by atoms with Crippen LogP contribution >= 0.6 is 0 Å². The molecule has 0 spiro atoms. The van der Waals surface area contributed by atoms with Gasteiger partial charge >= 0.3 is 12.1 Å². The lowest BCUT2D eigenvalue weighted by Crippen LogP contribution is -2.42. The predicted octanol–water partition coefficient (Wildman–Crippen LogP) is 4.43. The summed E-state index contributed by atoms with van der Waals surface area (Å²) in [7, 11) is 0. The van der Waals surface area contributed by atoms with Crippen LogP contribution in [-0.2, 0) is 11.2 Å². The van der Waals surface area contributed by atoms with E-state index in [1.807, 2.05) is 0 Å². The molecule has 0 radical (unpaired) electrons. The van der Waals surface area contributed by atoms with Gasteiger partial charge in [-0.3, -0.25) is 4.79 Å². The molecule has 2 aromatic carbocycles. The number of aldehydes is 1. The second kappa shape index (κ2) is 5.04. The van der Waals surface area contributed by atoms with Crippen molar-refractivity contribution in [1.29, 1.82) is 0 Å². The van der Waals surface area contributed by atoms with E-state index in [0.29, 0.717) is 10.9 Å². The second-order valence-electron chi connectivity index (χ2n) is 5.09. The number of benzene rings is 2. The molecular weight excluding hydrogens is 319 g/mol. The first-order valence-electron chi connectivity index (χ1n) is 6.57. The molecule has 1 heterocycles. The van der Waals surface area contributed by atoms with Crippen molar-refractivity contribution in [1.82, 2.24) is 0 Å². The Balaban J connectivity index is 2.17. The van der Waals surface area contributed by atoms with E-state index in [1.54, 1.807) is 30.3 Å². The number of carbonyl (C=O) groups is 1. The highest BCUT2D eigenvalue weighted by Gasteiger charge is 2.63. The van der Waals surface area contributed by atoms with E-state index in [1.165, 1.54) is 6.07 Å². The maximum Gasteiger partial charge on any atom is 0.461 e. The van der Waals surface area contributed by atoms with Gasteiger partial charge in [0.25, 0.3) is 0 Å². The lowest BCUT2D eigenvalue weighted by molar-refractivity contribution is -0.273. The van der Waals surface area contributed by atoms with Gasteiger partial charge in [0, 0.05) is 17.6 Å². The molecule has 120 valence electrons. The minimum Gasteiger partial charge on any atom is -0.454 e. The number of rotatable bonds is 2. The first-order valence-corrected chi connectivity index (χ1v) is 6.57. The maximum atomic E-state index is 13.6. The van der Waals surface area contributed by atoms with Crippen molar-refractivity contribution in [2.24, 2.45) is 0 Å². The van der Waals surface area contributed by atoms with Crippen LogP contribution in [0.5, 0.6) is 5.75 Å². The smallest absolute Gasteiger partial charge is 0.454 e. The first-order chi connectivity index (χ1) is 10.8. The lowest BCUT2D eigenvalue weighted by Gasteiger charge is -2.28. The Labute approximate surface area is 127 Å². The summed E-state index contributed by atoms with van der Waals surface area (Å²) < 4.78 is 69.7. The van der Waals surface area contributed by atoms with Crippen molar-refractivity contribution in [3.05, 3.63) is 53.3 Å². The van der Waals surface area contributed by atoms with Crippen LogP contribution in [0.3, 0.4) is 0 Å². The fraction of sp³-hybridized carbons (Fsp3) is 0.188. The molecule has 1 aliphatic rings. The topological polar surface area (TPSA) is 26.3 Å². The van der Waals surface area contributed by atoms with Gasteiger partial charge in [0.15, 0.2) is 5.76 Å². The molecule has 0 unspecified atom stereocenters. The van der Waals surface area contributed by atoms with Crippen molar-refractivity contribution in [2.75, 3.05) is 0 Å². The predicted molar refractivity (Wildman–Crippen MR) is 72.4 cm³/mol. The van der Waals surface area contributed by atoms with E-state index in [4.69, 9.17) is 4.74 Å². The van der Waals surface area contributed by atoms with Gasteiger partial charge in [-0.05, 0) is 16.8 Å². The van der Waals surface area contributed by atoms with Gasteiger partial charge < -0.3 is 4.74 Å². The van der Waals surface area contributed by atoms with Gasteiger partial charge in [0.1, 0.15) is 12.0 Å². The second-order valence-corrected chi connectivity index (χ2v) is 5.09. The molecule has 2 nitrogen and oxygen atoms in total. The van der Waals surface area contributed by atoms with Crippen LogP contribution in [0.15, 0.2) is 47.7 Å². The standard InChI is InChI=1S/C16H9F5O2/c17-15(18,16(19,20)21)14-10(8-22)7-12-11-4-2-1-3-9(11)5-6-13(12)23-14/h1-6,8H,7H2. The fourth-order valence-electron chi connectivity index (χ4n) is 2.53. The van der Waals surface area contributed by atoms with Crippen molar-refractivity contribution in [2.45, 2.75) is 18.5 Å². The minimum atomic E-state index is -5.84. The van der Waals surface area contributed by atoms with Crippen LogP contribution in [-0.4, -0.2) is 18.4 Å². The number of halogens is 5. The zero-order valence-electron chi connectivity index (χ0n) is 11.5. The quantitative estimate of drug-likeness (QED) is 0.602. The minimum absolute atomic E-state index is 0.0142. The highest BCUT2D eigenvalue weighted by Crippen LogP contribution is 2.46. The molecule has 0 fully saturated rings. The summed E-state index contributed by atoms with van der Waals surface area (Å²) >= 11 is 0. The average molecular weight is 328 g/mol. The van der Waals surface area contributed by atoms with Crippen molar-refractivity contribution in [3.8, 4) is 5.75 Å². The average Bonchev–Trinajstić information content (AvgIpc) is 2.52.